The minimum Gasteiger partial charge on any atom is -0.262 e. The van der Waals surface area contributed by atoms with Gasteiger partial charge in [-0.25, -0.2) is 4.21 Å². The number of pyridine rings is 1. The molecular formula is C9H12N2OS. The lowest BCUT2D eigenvalue weighted by molar-refractivity contribution is 0.681. The average molecular weight is 196 g/mol. The summed E-state index contributed by atoms with van der Waals surface area (Å²) in [7, 11) is -1.92. The molecular weight excluding hydrogens is 184 g/mol. The van der Waals surface area contributed by atoms with Crippen molar-refractivity contribution in [3.8, 4) is 0 Å². The Balaban J connectivity index is 2.35. The largest absolute Gasteiger partial charge is 0.262 e. The highest BCUT2D eigenvalue weighted by Crippen LogP contribution is 2.19. The highest BCUT2D eigenvalue weighted by molar-refractivity contribution is 7.93. The van der Waals surface area contributed by atoms with Gasteiger partial charge < -0.3 is 0 Å². The van der Waals surface area contributed by atoms with Crippen LogP contribution in [0.25, 0.3) is 0 Å². The van der Waals surface area contributed by atoms with E-state index in [0.717, 1.165) is 30.0 Å². The quantitative estimate of drug-likeness (QED) is 0.689. The van der Waals surface area contributed by atoms with Crippen molar-refractivity contribution in [1.29, 1.82) is 0 Å². The van der Waals surface area contributed by atoms with Gasteiger partial charge in [0.1, 0.15) is 0 Å². The van der Waals surface area contributed by atoms with Crippen LogP contribution in [0.4, 0.5) is 5.69 Å². The van der Waals surface area contributed by atoms with E-state index < -0.39 is 9.73 Å². The minimum atomic E-state index is -1.92. The number of aromatic nitrogens is 1. The van der Waals surface area contributed by atoms with Crippen molar-refractivity contribution in [2.24, 2.45) is 4.36 Å². The molecule has 0 N–H and O–H groups in total. The van der Waals surface area contributed by atoms with Gasteiger partial charge in [-0.3, -0.25) is 4.98 Å². The summed E-state index contributed by atoms with van der Waals surface area (Å²) in [6.07, 6.45) is 5.44. The van der Waals surface area contributed by atoms with Crippen molar-refractivity contribution in [2.75, 3.05) is 11.5 Å². The van der Waals surface area contributed by atoms with Crippen molar-refractivity contribution >= 4 is 15.4 Å². The molecule has 3 nitrogen and oxygen atoms in total. The molecule has 0 bridgehead atoms. The Morgan fingerprint density at radius 1 is 1.38 bits per heavy atom. The molecule has 1 aromatic heterocycles. The van der Waals surface area contributed by atoms with Gasteiger partial charge in [0.15, 0.2) is 0 Å². The second kappa shape index (κ2) is 3.46. The molecule has 0 saturated carbocycles. The molecule has 0 spiro atoms. The first kappa shape index (κ1) is 8.69. The zero-order valence-electron chi connectivity index (χ0n) is 7.35. The van der Waals surface area contributed by atoms with Crippen LogP contribution < -0.4 is 0 Å². The predicted octanol–water partition coefficient (Wildman–Crippen LogP) is 1.97. The molecule has 70 valence electrons. The van der Waals surface area contributed by atoms with Crippen molar-refractivity contribution < 1.29 is 4.21 Å². The fourth-order valence-electron chi connectivity index (χ4n) is 1.45. The first-order valence-electron chi connectivity index (χ1n) is 4.41. The number of nitrogens with zero attached hydrogens (tertiary/aromatic N) is 2. The molecule has 1 aliphatic heterocycles. The Bertz CT molecular complexity index is 381. The predicted molar refractivity (Wildman–Crippen MR) is 53.4 cm³/mol. The second-order valence-corrected chi connectivity index (χ2v) is 5.73. The van der Waals surface area contributed by atoms with E-state index in [0.29, 0.717) is 0 Å². The minimum absolute atomic E-state index is 0.745. The molecule has 0 amide bonds. The summed E-state index contributed by atoms with van der Waals surface area (Å²) in [6, 6.07) is 3.66. The highest BCUT2D eigenvalue weighted by Gasteiger charge is 2.15. The van der Waals surface area contributed by atoms with Crippen LogP contribution in [0.1, 0.15) is 12.8 Å². The van der Waals surface area contributed by atoms with Gasteiger partial charge in [0.2, 0.25) is 0 Å². The molecule has 0 aromatic carbocycles. The van der Waals surface area contributed by atoms with E-state index in [9.17, 15) is 4.21 Å². The highest BCUT2D eigenvalue weighted by atomic mass is 32.2. The van der Waals surface area contributed by atoms with E-state index in [2.05, 4.69) is 9.35 Å². The van der Waals surface area contributed by atoms with Gasteiger partial charge in [0.05, 0.1) is 21.6 Å². The van der Waals surface area contributed by atoms with Crippen LogP contribution in [-0.4, -0.2) is 20.7 Å². The Morgan fingerprint density at radius 3 is 2.77 bits per heavy atom. The van der Waals surface area contributed by atoms with Gasteiger partial charge in [-0.2, -0.15) is 4.36 Å². The first-order valence-corrected chi connectivity index (χ1v) is 6.26. The maximum atomic E-state index is 12.0. The van der Waals surface area contributed by atoms with Gasteiger partial charge in [-0.15, -0.1) is 0 Å². The normalized spacial score (nSPS) is 20.0. The monoisotopic (exact) mass is 196 g/mol. The van der Waals surface area contributed by atoms with Crippen LogP contribution in [0, 0.1) is 0 Å². The maximum Gasteiger partial charge on any atom is 0.0913 e. The van der Waals surface area contributed by atoms with E-state index in [1.54, 1.807) is 12.4 Å². The van der Waals surface area contributed by atoms with E-state index in [4.69, 9.17) is 0 Å². The molecule has 0 aliphatic carbocycles. The standard InChI is InChI=1S/C9H12N2OS/c12-13(6-1-2-7-13)11-9-4-3-5-10-8-9/h3-5,8H,1-2,6-7H2. The van der Waals surface area contributed by atoms with Crippen molar-refractivity contribution in [3.05, 3.63) is 24.5 Å². The molecule has 2 heterocycles. The smallest absolute Gasteiger partial charge is 0.0913 e. The Kier molecular flexibility index (Phi) is 2.31. The Hall–Kier alpha value is -0.900. The van der Waals surface area contributed by atoms with Gasteiger partial charge in [-0.1, -0.05) is 0 Å². The van der Waals surface area contributed by atoms with Crippen LogP contribution >= 0.6 is 0 Å². The fraction of sp³-hybridized carbons (Fsp3) is 0.444. The third-order valence-electron chi connectivity index (χ3n) is 2.09. The van der Waals surface area contributed by atoms with Gasteiger partial charge >= 0.3 is 0 Å². The topological polar surface area (TPSA) is 42.3 Å². The molecule has 13 heavy (non-hydrogen) atoms. The zero-order chi connectivity index (χ0) is 9.15. The molecule has 1 aromatic rings. The lowest BCUT2D eigenvalue weighted by atomic mass is 10.4. The Morgan fingerprint density at radius 2 is 2.15 bits per heavy atom. The summed E-state index contributed by atoms with van der Waals surface area (Å²) in [6.45, 7) is 0. The van der Waals surface area contributed by atoms with Gasteiger partial charge in [0.25, 0.3) is 0 Å². The van der Waals surface area contributed by atoms with E-state index in [1.807, 2.05) is 12.1 Å². The molecule has 1 aliphatic rings. The van der Waals surface area contributed by atoms with E-state index in [-0.39, 0.29) is 0 Å². The molecule has 0 radical (unpaired) electrons. The summed E-state index contributed by atoms with van der Waals surface area (Å²) in [5.74, 6) is 1.50. The fourth-order valence-corrected chi connectivity index (χ4v) is 3.64. The third-order valence-corrected chi connectivity index (χ3v) is 4.49. The number of hydrogen-bond donors (Lipinski definition) is 0. The summed E-state index contributed by atoms with van der Waals surface area (Å²) in [5.41, 5.74) is 0.745. The third kappa shape index (κ3) is 2.06. The second-order valence-electron chi connectivity index (χ2n) is 3.19. The van der Waals surface area contributed by atoms with Gasteiger partial charge in [0, 0.05) is 17.7 Å². The number of hydrogen-bond acceptors (Lipinski definition) is 3. The lowest BCUT2D eigenvalue weighted by Crippen LogP contribution is -1.99. The maximum absolute atomic E-state index is 12.0. The van der Waals surface area contributed by atoms with Crippen molar-refractivity contribution in [3.63, 3.8) is 0 Å². The van der Waals surface area contributed by atoms with Crippen LogP contribution in [0.5, 0.6) is 0 Å². The number of rotatable bonds is 1. The molecule has 1 saturated heterocycles. The first-order chi connectivity index (χ1) is 6.29. The van der Waals surface area contributed by atoms with Crippen molar-refractivity contribution in [2.45, 2.75) is 12.8 Å². The van der Waals surface area contributed by atoms with Crippen molar-refractivity contribution in [1.82, 2.24) is 4.98 Å². The Labute approximate surface area is 78.4 Å². The summed E-state index contributed by atoms with van der Waals surface area (Å²) >= 11 is 0. The zero-order valence-corrected chi connectivity index (χ0v) is 8.17. The SMILES string of the molecule is O=S1(=Nc2cccnc2)CCCC1. The summed E-state index contributed by atoms with van der Waals surface area (Å²) in [4.78, 5) is 3.94. The molecule has 1 fully saturated rings. The average Bonchev–Trinajstić information content (AvgIpc) is 2.54. The van der Waals surface area contributed by atoms with Crippen LogP contribution in [0.15, 0.2) is 28.9 Å². The van der Waals surface area contributed by atoms with Gasteiger partial charge in [-0.05, 0) is 25.0 Å². The summed E-state index contributed by atoms with van der Waals surface area (Å²) < 4.78 is 16.2. The summed E-state index contributed by atoms with van der Waals surface area (Å²) in [5, 5.41) is 0. The van der Waals surface area contributed by atoms with Crippen LogP contribution in [0.3, 0.4) is 0 Å². The molecule has 0 unspecified atom stereocenters. The van der Waals surface area contributed by atoms with E-state index in [1.165, 1.54) is 0 Å². The molecule has 2 rings (SSSR count). The molecule has 4 heteroatoms. The molecule has 0 atom stereocenters. The van der Waals surface area contributed by atoms with E-state index >= 15 is 0 Å². The van der Waals surface area contributed by atoms with Crippen LogP contribution in [0.2, 0.25) is 0 Å². The lowest BCUT2D eigenvalue weighted by Gasteiger charge is -1.98. The van der Waals surface area contributed by atoms with Crippen LogP contribution in [-0.2, 0) is 9.73 Å².